The van der Waals surface area contributed by atoms with Crippen LogP contribution in [-0.2, 0) is 14.8 Å². The Balaban J connectivity index is 1.39. The molecule has 1 aromatic carbocycles. The van der Waals surface area contributed by atoms with Gasteiger partial charge < -0.3 is 14.2 Å². The summed E-state index contributed by atoms with van der Waals surface area (Å²) in [4.78, 5) is 26.9. The molecule has 0 unspecified atom stereocenters. The third kappa shape index (κ3) is 5.95. The fourth-order valence-corrected chi connectivity index (χ4v) is 5.41. The molecule has 0 spiro atoms. The number of carbonyl (C=O) groups is 1. The average Bonchev–Trinajstić information content (AvgIpc) is 3.53. The number of amides is 1. The van der Waals surface area contributed by atoms with Gasteiger partial charge in [-0.25, -0.2) is 13.1 Å². The maximum atomic E-state index is 12.9. The number of likely N-dealkylation sites (tertiary alicyclic amines) is 1. The lowest BCUT2D eigenvalue weighted by atomic mass is 10.1. The van der Waals surface area contributed by atoms with Crippen LogP contribution in [0.3, 0.4) is 0 Å². The van der Waals surface area contributed by atoms with Crippen LogP contribution in [0.15, 0.2) is 41.2 Å². The fraction of sp³-hybridized carbons (Fsp3) is 0.462. The average molecular weight is 498 g/mol. The Morgan fingerprint density at radius 3 is 2.54 bits per heavy atom. The Labute approximate surface area is 206 Å². The number of nitrogens with one attached hydrogen (secondary N) is 1. The molecule has 186 valence electrons. The van der Waals surface area contributed by atoms with Crippen molar-refractivity contribution in [2.45, 2.75) is 44.4 Å². The highest BCUT2D eigenvalue weighted by Gasteiger charge is 2.34. The van der Waals surface area contributed by atoms with Gasteiger partial charge >= 0.3 is 0 Å². The number of aryl methyl sites for hydroxylation is 1. The van der Waals surface area contributed by atoms with Crippen LogP contribution in [0.1, 0.15) is 49.0 Å². The van der Waals surface area contributed by atoms with Gasteiger partial charge in [0, 0.05) is 36.3 Å². The number of carbonyl (C=O) groups excluding carboxylic acids is 1. The van der Waals surface area contributed by atoms with E-state index in [4.69, 9.17) is 4.74 Å². The fourth-order valence-electron chi connectivity index (χ4n) is 4.28. The number of ether oxygens (including phenoxy) is 1. The Morgan fingerprint density at radius 2 is 1.91 bits per heavy atom. The number of aromatic nitrogens is 1. The molecule has 2 fully saturated rings. The number of pyridine rings is 1. The van der Waals surface area contributed by atoms with E-state index in [1.165, 1.54) is 30.9 Å². The molecule has 1 aliphatic heterocycles. The predicted octanol–water partition coefficient (Wildman–Crippen LogP) is 2.06. The zero-order chi connectivity index (χ0) is 25.2. The first-order valence-electron chi connectivity index (χ1n) is 11.9. The second-order valence-electron chi connectivity index (χ2n) is 9.17. The number of sulfonamides is 1. The summed E-state index contributed by atoms with van der Waals surface area (Å²) in [6.07, 6.45) is 2.77. The van der Waals surface area contributed by atoms with Crippen molar-refractivity contribution in [3.05, 3.63) is 63.6 Å². The lowest BCUT2D eigenvalue weighted by Crippen LogP contribution is -2.37. The van der Waals surface area contributed by atoms with Crippen LogP contribution >= 0.6 is 0 Å². The molecular formula is C26H31N3O5S. The summed E-state index contributed by atoms with van der Waals surface area (Å²) in [5.41, 5.74) is 2.46. The van der Waals surface area contributed by atoms with Crippen LogP contribution in [0.25, 0.3) is 0 Å². The predicted molar refractivity (Wildman–Crippen MR) is 134 cm³/mol. The summed E-state index contributed by atoms with van der Waals surface area (Å²) >= 11 is 0. The molecule has 9 heteroatoms. The zero-order valence-corrected chi connectivity index (χ0v) is 21.1. The number of nitrogens with zero attached hydrogens (tertiary/aromatic N) is 2. The third-order valence-electron chi connectivity index (χ3n) is 6.60. The minimum Gasteiger partial charge on any atom is -0.484 e. The minimum atomic E-state index is -3.42. The van der Waals surface area contributed by atoms with E-state index in [1.54, 1.807) is 10.6 Å². The van der Waals surface area contributed by atoms with Gasteiger partial charge in [0.1, 0.15) is 5.75 Å². The van der Waals surface area contributed by atoms with E-state index in [2.05, 4.69) is 16.6 Å². The zero-order valence-electron chi connectivity index (χ0n) is 20.3. The van der Waals surface area contributed by atoms with Crippen molar-refractivity contribution in [2.24, 2.45) is 5.92 Å². The van der Waals surface area contributed by atoms with Crippen LogP contribution in [0.5, 0.6) is 5.75 Å². The van der Waals surface area contributed by atoms with E-state index < -0.39 is 15.3 Å². The highest BCUT2D eigenvalue weighted by atomic mass is 32.2. The van der Waals surface area contributed by atoms with E-state index in [-0.39, 0.29) is 30.7 Å². The quantitative estimate of drug-likeness (QED) is 0.591. The summed E-state index contributed by atoms with van der Waals surface area (Å²) in [6.45, 7) is 4.03. The number of benzene rings is 1. The molecule has 1 aliphatic carbocycles. The van der Waals surface area contributed by atoms with Crippen molar-refractivity contribution in [2.75, 3.05) is 26.7 Å². The monoisotopic (exact) mass is 497 g/mol. The molecule has 1 saturated heterocycles. The van der Waals surface area contributed by atoms with Gasteiger partial charge in [-0.1, -0.05) is 24.0 Å². The van der Waals surface area contributed by atoms with E-state index in [0.717, 1.165) is 11.1 Å². The van der Waals surface area contributed by atoms with Gasteiger partial charge in [0.2, 0.25) is 10.0 Å². The smallest absolute Gasteiger partial charge is 0.260 e. The summed E-state index contributed by atoms with van der Waals surface area (Å²) < 4.78 is 33.5. The summed E-state index contributed by atoms with van der Waals surface area (Å²) in [6, 6.07) is 10.9. The molecule has 2 heterocycles. The first kappa shape index (κ1) is 25.0. The molecule has 1 saturated carbocycles. The summed E-state index contributed by atoms with van der Waals surface area (Å²) in [5.74, 6) is 7.01. The Bertz CT molecular complexity index is 1320. The molecule has 0 bridgehead atoms. The molecule has 8 nitrogen and oxygen atoms in total. The highest BCUT2D eigenvalue weighted by Crippen LogP contribution is 2.27. The normalized spacial score (nSPS) is 18.6. The number of hydrogen-bond acceptors (Lipinski definition) is 5. The first-order chi connectivity index (χ1) is 16.7. The molecule has 1 N–H and O–H groups in total. The minimum absolute atomic E-state index is 0.133. The maximum absolute atomic E-state index is 12.9. The van der Waals surface area contributed by atoms with E-state index in [0.29, 0.717) is 30.3 Å². The van der Waals surface area contributed by atoms with Crippen molar-refractivity contribution in [1.29, 1.82) is 0 Å². The molecule has 35 heavy (non-hydrogen) atoms. The van der Waals surface area contributed by atoms with E-state index >= 15 is 0 Å². The third-order valence-corrected chi connectivity index (χ3v) is 8.43. The lowest BCUT2D eigenvalue weighted by Gasteiger charge is -2.20. The first-order valence-corrected chi connectivity index (χ1v) is 13.4. The molecule has 2 aliphatic rings. The van der Waals surface area contributed by atoms with Crippen LogP contribution in [-0.4, -0.2) is 55.8 Å². The van der Waals surface area contributed by atoms with Crippen LogP contribution < -0.4 is 15.0 Å². The lowest BCUT2D eigenvalue weighted by molar-refractivity contribution is -0.132. The molecule has 1 aromatic heterocycles. The summed E-state index contributed by atoms with van der Waals surface area (Å²) in [5, 5.41) is -0.622. The van der Waals surface area contributed by atoms with E-state index in [9.17, 15) is 18.0 Å². The molecule has 2 atom stereocenters. The Kier molecular flexibility index (Phi) is 7.33. The van der Waals surface area contributed by atoms with Crippen molar-refractivity contribution < 1.29 is 17.9 Å². The Morgan fingerprint density at radius 1 is 1.20 bits per heavy atom. The molecule has 4 rings (SSSR count). The number of hydrogen-bond donors (Lipinski definition) is 1. The van der Waals surface area contributed by atoms with Crippen LogP contribution in [0, 0.1) is 24.7 Å². The molecule has 1 amide bonds. The van der Waals surface area contributed by atoms with Crippen molar-refractivity contribution in [3.8, 4) is 17.6 Å². The van der Waals surface area contributed by atoms with Gasteiger partial charge in [0.25, 0.3) is 11.5 Å². The SMILES string of the molecule is CNS(=O)(=O)[C@@H]1CCN(C(=O)COc2cc(C)n([C@H](C)c3ccc(C#CC4CC4)cc3)c(=O)c2)C1. The van der Waals surface area contributed by atoms with Gasteiger partial charge in [0.05, 0.1) is 11.3 Å². The molecular weight excluding hydrogens is 466 g/mol. The summed E-state index contributed by atoms with van der Waals surface area (Å²) in [7, 11) is -2.05. The van der Waals surface area contributed by atoms with Crippen molar-refractivity contribution >= 4 is 15.9 Å². The molecule has 2 aromatic rings. The van der Waals surface area contributed by atoms with Gasteiger partial charge in [-0.3, -0.25) is 9.59 Å². The van der Waals surface area contributed by atoms with Crippen molar-refractivity contribution in [1.82, 2.24) is 14.2 Å². The molecule has 0 radical (unpaired) electrons. The largest absolute Gasteiger partial charge is 0.484 e. The van der Waals surface area contributed by atoms with Gasteiger partial charge in [-0.15, -0.1) is 0 Å². The van der Waals surface area contributed by atoms with Gasteiger partial charge in [0.15, 0.2) is 6.61 Å². The van der Waals surface area contributed by atoms with Crippen molar-refractivity contribution in [3.63, 3.8) is 0 Å². The van der Waals surface area contributed by atoms with Gasteiger partial charge in [-0.05, 0) is 63.9 Å². The topological polar surface area (TPSA) is 97.7 Å². The maximum Gasteiger partial charge on any atom is 0.260 e. The second kappa shape index (κ2) is 10.3. The van der Waals surface area contributed by atoms with E-state index in [1.807, 2.05) is 38.1 Å². The standard InChI is InChI=1S/C26H31N3O5S/c1-18-14-23(34-17-26(31)28-13-12-24(16-28)35(32,33)27-3)15-25(30)29(18)19(2)22-10-8-21(9-11-22)7-6-20-4-5-20/h8-11,14-15,19-20,24,27H,4-5,12-13,16-17H2,1-3H3/t19-,24-/m1/s1. The van der Waals surface area contributed by atoms with Gasteiger partial charge in [-0.2, -0.15) is 0 Å². The number of rotatable bonds is 7. The Hall–Kier alpha value is -3.09. The highest BCUT2D eigenvalue weighted by molar-refractivity contribution is 7.90. The second-order valence-corrected chi connectivity index (χ2v) is 11.3. The van der Waals surface area contributed by atoms with Crippen LogP contribution in [0.4, 0.5) is 0 Å². The van der Waals surface area contributed by atoms with Crippen LogP contribution in [0.2, 0.25) is 0 Å².